The van der Waals surface area contributed by atoms with Gasteiger partial charge in [-0.05, 0) is 55.1 Å². The fourth-order valence-electron chi connectivity index (χ4n) is 4.44. The smallest absolute Gasteiger partial charge is 0.224 e. The van der Waals surface area contributed by atoms with Crippen molar-refractivity contribution < 1.29 is 18.7 Å². The van der Waals surface area contributed by atoms with E-state index >= 15 is 0 Å². The maximum absolute atomic E-state index is 13.5. The van der Waals surface area contributed by atoms with Gasteiger partial charge in [0.1, 0.15) is 17.6 Å². The molecule has 5 rings (SSSR count). The number of aliphatic hydroxyl groups excluding tert-OH is 1. The Morgan fingerprint density at radius 1 is 1.10 bits per heavy atom. The number of aromatic nitrogens is 1. The molecular weight excluding hydrogens is 518 g/mol. The number of amides is 1. The number of hydrogen-bond donors (Lipinski definition) is 2. The maximum Gasteiger partial charge on any atom is 0.224 e. The molecule has 0 bridgehead atoms. The van der Waals surface area contributed by atoms with E-state index in [1.54, 1.807) is 41.1 Å². The van der Waals surface area contributed by atoms with Gasteiger partial charge in [-0.15, -0.1) is 0 Å². The first-order valence-corrected chi connectivity index (χ1v) is 12.9. The van der Waals surface area contributed by atoms with Gasteiger partial charge in [-0.2, -0.15) is 0 Å². The molecule has 0 saturated heterocycles. The summed E-state index contributed by atoms with van der Waals surface area (Å²) in [6.07, 6.45) is 2.31. The molecule has 3 aromatic heterocycles. The minimum Gasteiger partial charge on any atom is -0.467 e. The zero-order valence-electron chi connectivity index (χ0n) is 21.3. The number of benzene rings is 2. The van der Waals surface area contributed by atoms with Crippen LogP contribution in [0.4, 0.5) is 0 Å². The lowest BCUT2D eigenvalue weighted by Crippen LogP contribution is -2.27. The first kappa shape index (κ1) is 26.5. The molecule has 0 spiro atoms. The van der Waals surface area contributed by atoms with Crippen molar-refractivity contribution in [2.24, 2.45) is 0 Å². The van der Waals surface area contributed by atoms with Crippen molar-refractivity contribution in [3.63, 3.8) is 0 Å². The summed E-state index contributed by atoms with van der Waals surface area (Å²) in [5.41, 5.74) is 2.20. The predicted octanol–water partition coefficient (Wildman–Crippen LogP) is 4.85. The van der Waals surface area contributed by atoms with Crippen LogP contribution in [0.15, 0.2) is 98.9 Å². The SMILES string of the molecule is CN(Cc1cc2c(=O)c(CC(=O)NCc3ccc(Cl)cc3)cn(-c3ccccc3)c2o1)C[C@@H](O)c1ccco1. The van der Waals surface area contributed by atoms with Crippen molar-refractivity contribution in [3.8, 4) is 5.69 Å². The molecule has 0 aliphatic rings. The summed E-state index contributed by atoms with van der Waals surface area (Å²) in [6, 6.07) is 21.9. The number of nitrogens with zero attached hydrogens (tertiary/aromatic N) is 2. The lowest BCUT2D eigenvalue weighted by atomic mass is 10.1. The summed E-state index contributed by atoms with van der Waals surface area (Å²) in [4.78, 5) is 28.1. The van der Waals surface area contributed by atoms with E-state index in [4.69, 9.17) is 20.4 Å². The summed E-state index contributed by atoms with van der Waals surface area (Å²) < 4.78 is 13.2. The fourth-order valence-corrected chi connectivity index (χ4v) is 4.56. The van der Waals surface area contributed by atoms with Crippen LogP contribution in [0.5, 0.6) is 0 Å². The van der Waals surface area contributed by atoms with Gasteiger partial charge in [0, 0.05) is 35.6 Å². The van der Waals surface area contributed by atoms with Crippen molar-refractivity contribution in [1.82, 2.24) is 14.8 Å². The van der Waals surface area contributed by atoms with E-state index in [0.29, 0.717) is 52.8 Å². The van der Waals surface area contributed by atoms with Crippen LogP contribution in [0, 0.1) is 0 Å². The van der Waals surface area contributed by atoms with E-state index in [1.807, 2.05) is 54.4 Å². The number of carbonyl (C=O) groups excluding carboxylic acids is 1. The quantitative estimate of drug-likeness (QED) is 0.260. The van der Waals surface area contributed by atoms with E-state index in [-0.39, 0.29) is 17.8 Å². The summed E-state index contributed by atoms with van der Waals surface area (Å²) in [6.45, 7) is 1.00. The number of rotatable bonds is 10. The third-order valence-electron chi connectivity index (χ3n) is 6.37. The highest BCUT2D eigenvalue weighted by Gasteiger charge is 2.19. The average molecular weight is 546 g/mol. The number of fused-ring (bicyclic) bond motifs is 1. The Morgan fingerprint density at radius 3 is 2.59 bits per heavy atom. The van der Waals surface area contributed by atoms with Crippen LogP contribution < -0.4 is 10.7 Å². The summed E-state index contributed by atoms with van der Waals surface area (Å²) in [5, 5.41) is 14.3. The Hall–Kier alpha value is -4.11. The van der Waals surface area contributed by atoms with Crippen LogP contribution in [0.3, 0.4) is 0 Å². The molecule has 0 radical (unpaired) electrons. The Morgan fingerprint density at radius 2 is 1.87 bits per heavy atom. The minimum absolute atomic E-state index is 0.0784. The lowest BCUT2D eigenvalue weighted by molar-refractivity contribution is -0.120. The average Bonchev–Trinajstić information content (AvgIpc) is 3.61. The molecule has 0 aliphatic heterocycles. The molecule has 3 heterocycles. The normalized spacial score (nSPS) is 12.2. The maximum atomic E-state index is 13.5. The molecule has 0 aliphatic carbocycles. The molecule has 2 N–H and O–H groups in total. The monoisotopic (exact) mass is 545 g/mol. The Bertz CT molecular complexity index is 1610. The molecule has 0 unspecified atom stereocenters. The van der Waals surface area contributed by atoms with Crippen LogP contribution >= 0.6 is 11.6 Å². The van der Waals surface area contributed by atoms with Gasteiger partial charge < -0.3 is 19.3 Å². The van der Waals surface area contributed by atoms with E-state index in [2.05, 4.69) is 5.32 Å². The number of furan rings is 2. The van der Waals surface area contributed by atoms with Crippen LogP contribution in [0.1, 0.15) is 28.8 Å². The van der Waals surface area contributed by atoms with Gasteiger partial charge in [0.15, 0.2) is 5.43 Å². The van der Waals surface area contributed by atoms with Crippen molar-refractivity contribution in [1.29, 1.82) is 0 Å². The highest BCUT2D eigenvalue weighted by molar-refractivity contribution is 6.30. The van der Waals surface area contributed by atoms with Gasteiger partial charge in [0.2, 0.25) is 11.6 Å². The van der Waals surface area contributed by atoms with Gasteiger partial charge in [-0.25, -0.2) is 0 Å². The van der Waals surface area contributed by atoms with Gasteiger partial charge in [-0.1, -0.05) is 41.9 Å². The summed E-state index contributed by atoms with van der Waals surface area (Å²) in [7, 11) is 1.85. The second-order valence-electron chi connectivity index (χ2n) is 9.43. The molecule has 1 amide bonds. The summed E-state index contributed by atoms with van der Waals surface area (Å²) in [5.74, 6) is 0.774. The molecule has 9 heteroatoms. The first-order valence-electron chi connectivity index (χ1n) is 12.5. The second-order valence-corrected chi connectivity index (χ2v) is 9.86. The molecule has 2 aromatic carbocycles. The largest absolute Gasteiger partial charge is 0.467 e. The number of halogens is 1. The van der Waals surface area contributed by atoms with E-state index in [0.717, 1.165) is 11.3 Å². The Kier molecular flexibility index (Phi) is 7.97. The number of likely N-dealkylation sites (N-methyl/N-ethyl adjacent to an activating group) is 1. The number of nitrogens with one attached hydrogen (secondary N) is 1. The van der Waals surface area contributed by atoms with Crippen molar-refractivity contribution in [2.75, 3.05) is 13.6 Å². The number of pyridine rings is 1. The number of hydrogen-bond acceptors (Lipinski definition) is 6. The molecule has 200 valence electrons. The second kappa shape index (κ2) is 11.7. The minimum atomic E-state index is -0.795. The van der Waals surface area contributed by atoms with Crippen LogP contribution in [0.2, 0.25) is 5.02 Å². The van der Waals surface area contributed by atoms with Crippen LogP contribution in [0.25, 0.3) is 16.8 Å². The third kappa shape index (κ3) is 6.31. The third-order valence-corrected chi connectivity index (χ3v) is 6.63. The number of aliphatic hydroxyl groups is 1. The molecule has 39 heavy (non-hydrogen) atoms. The molecule has 5 aromatic rings. The van der Waals surface area contributed by atoms with E-state index < -0.39 is 6.10 Å². The molecule has 1 atom stereocenters. The Labute approximate surface area is 230 Å². The first-order chi connectivity index (χ1) is 18.9. The zero-order chi connectivity index (χ0) is 27.4. The molecule has 8 nitrogen and oxygen atoms in total. The van der Waals surface area contributed by atoms with Gasteiger partial charge in [0.25, 0.3) is 0 Å². The van der Waals surface area contributed by atoms with Gasteiger partial charge >= 0.3 is 0 Å². The standard InChI is InChI=1S/C30H28ClN3O5/c1-33(19-26(35)27-8-5-13-38-27)18-24-15-25-29(37)21(14-28(36)32-16-20-9-11-22(31)12-10-20)17-34(30(25)39-24)23-6-3-2-4-7-23/h2-13,15,17,26,35H,14,16,18-19H2,1H3,(H,32,36)/t26-/m1/s1. The fraction of sp³-hybridized carbons (Fsp3) is 0.200. The Balaban J connectivity index is 1.40. The molecule has 0 fully saturated rings. The van der Waals surface area contributed by atoms with E-state index in [9.17, 15) is 14.7 Å². The number of para-hydroxylation sites is 1. The predicted molar refractivity (Wildman–Crippen MR) is 149 cm³/mol. The topological polar surface area (TPSA) is 101 Å². The number of carbonyl (C=O) groups is 1. The highest BCUT2D eigenvalue weighted by atomic mass is 35.5. The van der Waals surface area contributed by atoms with E-state index in [1.165, 1.54) is 6.26 Å². The highest BCUT2D eigenvalue weighted by Crippen LogP contribution is 2.23. The van der Waals surface area contributed by atoms with Crippen LogP contribution in [-0.2, 0) is 24.3 Å². The van der Waals surface area contributed by atoms with Gasteiger partial charge in [-0.3, -0.25) is 19.1 Å². The zero-order valence-corrected chi connectivity index (χ0v) is 22.1. The summed E-state index contributed by atoms with van der Waals surface area (Å²) >= 11 is 5.94. The molecule has 0 saturated carbocycles. The van der Waals surface area contributed by atoms with Crippen LogP contribution in [-0.4, -0.2) is 34.1 Å². The van der Waals surface area contributed by atoms with Crippen molar-refractivity contribution in [3.05, 3.63) is 123 Å². The van der Waals surface area contributed by atoms with Crippen molar-refractivity contribution in [2.45, 2.75) is 25.6 Å². The van der Waals surface area contributed by atoms with Gasteiger partial charge in [0.05, 0.1) is 24.6 Å². The van der Waals surface area contributed by atoms with Crippen molar-refractivity contribution >= 4 is 28.6 Å². The lowest BCUT2D eigenvalue weighted by Gasteiger charge is -2.18. The molecular formula is C30H28ClN3O5.